The van der Waals surface area contributed by atoms with Gasteiger partial charge in [-0.25, -0.2) is 4.39 Å². The average Bonchev–Trinajstić information content (AvgIpc) is 2.92. The van der Waals surface area contributed by atoms with Crippen molar-refractivity contribution in [2.24, 2.45) is 4.99 Å². The number of aryl methyl sites for hydroxylation is 2. The molecule has 1 N–H and O–H groups in total. The topological polar surface area (TPSA) is 66.5 Å². The second-order valence-corrected chi connectivity index (χ2v) is 5.30. The van der Waals surface area contributed by atoms with Crippen molar-refractivity contribution in [3.63, 3.8) is 0 Å². The maximum absolute atomic E-state index is 13.2. The zero-order chi connectivity index (χ0) is 16.7. The largest absolute Gasteiger partial charge is 0.356 e. The van der Waals surface area contributed by atoms with Gasteiger partial charge >= 0.3 is 0 Å². The number of hydrogen-bond donors (Lipinski definition) is 1. The predicted molar refractivity (Wildman–Crippen MR) is 102 cm³/mol. The van der Waals surface area contributed by atoms with Gasteiger partial charge < -0.3 is 14.7 Å². The molecular weight excluding hydrogens is 424 g/mol. The van der Waals surface area contributed by atoms with Crippen LogP contribution in [0.1, 0.15) is 23.7 Å². The smallest absolute Gasteiger partial charge is 0.226 e. The van der Waals surface area contributed by atoms with Crippen molar-refractivity contribution in [2.75, 3.05) is 20.6 Å². The first-order chi connectivity index (χ1) is 11.1. The monoisotopic (exact) mass is 447 g/mol. The maximum atomic E-state index is 13.2. The molecule has 132 valence electrons. The second-order valence-electron chi connectivity index (χ2n) is 5.30. The Hall–Kier alpha value is -1.71. The summed E-state index contributed by atoms with van der Waals surface area (Å²) in [4.78, 5) is 10.4. The average molecular weight is 447 g/mol. The summed E-state index contributed by atoms with van der Waals surface area (Å²) >= 11 is 0. The van der Waals surface area contributed by atoms with E-state index in [9.17, 15) is 4.39 Å². The number of nitrogens with one attached hydrogen (secondary N) is 1. The van der Waals surface area contributed by atoms with Crippen LogP contribution >= 0.6 is 24.0 Å². The summed E-state index contributed by atoms with van der Waals surface area (Å²) < 4.78 is 18.3. The molecule has 8 heteroatoms. The fraction of sp³-hybridized carbons (Fsp3) is 0.438. The van der Waals surface area contributed by atoms with Crippen molar-refractivity contribution in [1.29, 1.82) is 0 Å². The number of nitrogens with zero attached hydrogens (tertiary/aromatic N) is 4. The number of rotatable bonds is 6. The van der Waals surface area contributed by atoms with Crippen LogP contribution in [0.15, 0.2) is 33.8 Å². The Bertz CT molecular complexity index is 661. The number of hydrogen-bond acceptors (Lipinski definition) is 4. The highest BCUT2D eigenvalue weighted by molar-refractivity contribution is 14.0. The van der Waals surface area contributed by atoms with Crippen LogP contribution in [0.2, 0.25) is 0 Å². The van der Waals surface area contributed by atoms with Crippen molar-refractivity contribution >= 4 is 29.9 Å². The Kier molecular flexibility index (Phi) is 8.66. The zero-order valence-corrected chi connectivity index (χ0v) is 16.5. The molecule has 0 saturated heterocycles. The van der Waals surface area contributed by atoms with Crippen molar-refractivity contribution in [3.8, 4) is 0 Å². The fourth-order valence-corrected chi connectivity index (χ4v) is 2.25. The van der Waals surface area contributed by atoms with Crippen molar-refractivity contribution < 1.29 is 8.91 Å². The van der Waals surface area contributed by atoms with E-state index in [1.165, 1.54) is 12.1 Å². The molecule has 0 saturated carbocycles. The molecule has 24 heavy (non-hydrogen) atoms. The highest BCUT2D eigenvalue weighted by Gasteiger charge is 2.07. The van der Waals surface area contributed by atoms with Gasteiger partial charge in [0.05, 0.1) is 0 Å². The highest BCUT2D eigenvalue weighted by atomic mass is 127. The van der Waals surface area contributed by atoms with Crippen molar-refractivity contribution in [2.45, 2.75) is 26.3 Å². The summed E-state index contributed by atoms with van der Waals surface area (Å²) in [5.41, 5.74) is 0.900. The first-order valence-corrected chi connectivity index (χ1v) is 7.54. The molecule has 0 radical (unpaired) electrons. The number of aromatic nitrogens is 2. The number of benzene rings is 1. The van der Waals surface area contributed by atoms with Crippen molar-refractivity contribution in [1.82, 2.24) is 20.4 Å². The van der Waals surface area contributed by atoms with Gasteiger partial charge in [-0.1, -0.05) is 17.3 Å². The molecule has 0 unspecified atom stereocenters. The predicted octanol–water partition coefficient (Wildman–Crippen LogP) is 2.78. The molecule has 0 fully saturated rings. The highest BCUT2D eigenvalue weighted by Crippen LogP contribution is 2.06. The Balaban J connectivity index is 0.00000288. The SMILES string of the molecule is CN=C(NCCCc1nc(C)no1)N(C)Cc1cccc(F)c1.I. The summed E-state index contributed by atoms with van der Waals surface area (Å²) in [5.74, 6) is 1.83. The van der Waals surface area contributed by atoms with Crippen LogP contribution in [0.25, 0.3) is 0 Å². The van der Waals surface area contributed by atoms with Gasteiger partial charge in [-0.2, -0.15) is 4.98 Å². The zero-order valence-electron chi connectivity index (χ0n) is 14.1. The normalized spacial score (nSPS) is 11.1. The summed E-state index contributed by atoms with van der Waals surface area (Å²) in [7, 11) is 3.65. The van der Waals surface area contributed by atoms with Gasteiger partial charge in [-0.3, -0.25) is 4.99 Å². The van der Waals surface area contributed by atoms with Gasteiger partial charge in [0.25, 0.3) is 0 Å². The molecule has 2 rings (SSSR count). The van der Waals surface area contributed by atoms with Gasteiger partial charge in [0, 0.05) is 33.6 Å². The molecule has 0 spiro atoms. The molecule has 6 nitrogen and oxygen atoms in total. The van der Waals surface area contributed by atoms with E-state index in [1.807, 2.05) is 18.0 Å². The quantitative estimate of drug-likeness (QED) is 0.319. The van der Waals surface area contributed by atoms with Crippen LogP contribution in [-0.4, -0.2) is 41.6 Å². The first-order valence-electron chi connectivity index (χ1n) is 7.54. The lowest BCUT2D eigenvalue weighted by molar-refractivity contribution is 0.371. The molecule has 0 aliphatic carbocycles. The minimum atomic E-state index is -0.228. The van der Waals surface area contributed by atoms with Gasteiger partial charge in [0.15, 0.2) is 11.8 Å². The van der Waals surface area contributed by atoms with E-state index in [0.29, 0.717) is 18.3 Å². The van der Waals surface area contributed by atoms with Crippen LogP contribution in [0, 0.1) is 12.7 Å². The Labute approximate surface area is 158 Å². The summed E-state index contributed by atoms with van der Waals surface area (Å²) in [6, 6.07) is 6.57. The van der Waals surface area contributed by atoms with E-state index < -0.39 is 0 Å². The molecular formula is C16H23FIN5O. The molecule has 0 aliphatic rings. The maximum Gasteiger partial charge on any atom is 0.226 e. The summed E-state index contributed by atoms with van der Waals surface area (Å²) in [6.45, 7) is 3.12. The molecule has 0 bridgehead atoms. The van der Waals surface area contributed by atoms with Crippen LogP contribution < -0.4 is 5.32 Å². The van der Waals surface area contributed by atoms with Crippen LogP contribution in [-0.2, 0) is 13.0 Å². The van der Waals surface area contributed by atoms with E-state index >= 15 is 0 Å². The second kappa shape index (κ2) is 10.2. The Morgan fingerprint density at radius 2 is 2.21 bits per heavy atom. The number of aliphatic imine (C=N–C) groups is 1. The minimum absolute atomic E-state index is 0. The molecule has 0 atom stereocenters. The van der Waals surface area contributed by atoms with E-state index in [4.69, 9.17) is 4.52 Å². The lowest BCUT2D eigenvalue weighted by atomic mass is 10.2. The van der Waals surface area contributed by atoms with Gasteiger partial charge in [-0.05, 0) is 31.0 Å². The van der Waals surface area contributed by atoms with E-state index in [0.717, 1.165) is 30.9 Å². The van der Waals surface area contributed by atoms with Gasteiger partial charge in [-0.15, -0.1) is 24.0 Å². The molecule has 1 aromatic carbocycles. The summed E-state index contributed by atoms with van der Waals surface area (Å²) in [5, 5.41) is 7.03. The molecule has 1 aromatic heterocycles. The van der Waals surface area contributed by atoms with Crippen LogP contribution in [0.3, 0.4) is 0 Å². The van der Waals surface area contributed by atoms with E-state index in [2.05, 4.69) is 20.4 Å². The van der Waals surface area contributed by atoms with Crippen LogP contribution in [0.4, 0.5) is 4.39 Å². The standard InChI is InChI=1S/C16H22FN5O.HI/c1-12-20-15(23-21-12)8-5-9-19-16(18-2)22(3)11-13-6-4-7-14(17)10-13;/h4,6-7,10H,5,8-9,11H2,1-3H3,(H,18,19);1H. The minimum Gasteiger partial charge on any atom is -0.356 e. The first kappa shape index (κ1) is 20.3. The van der Waals surface area contributed by atoms with E-state index in [-0.39, 0.29) is 29.8 Å². The summed E-state index contributed by atoms with van der Waals surface area (Å²) in [6.07, 6.45) is 1.58. The fourth-order valence-electron chi connectivity index (χ4n) is 2.25. The lowest BCUT2D eigenvalue weighted by Gasteiger charge is -2.22. The molecule has 0 aliphatic heterocycles. The Morgan fingerprint density at radius 3 is 2.83 bits per heavy atom. The van der Waals surface area contributed by atoms with Crippen LogP contribution in [0.5, 0.6) is 0 Å². The van der Waals surface area contributed by atoms with Crippen molar-refractivity contribution in [3.05, 3.63) is 47.4 Å². The molecule has 0 amide bonds. The van der Waals surface area contributed by atoms with Gasteiger partial charge in [0.2, 0.25) is 5.89 Å². The van der Waals surface area contributed by atoms with Gasteiger partial charge in [0.1, 0.15) is 5.82 Å². The third-order valence-corrected chi connectivity index (χ3v) is 3.30. The molecule has 2 aromatic rings. The Morgan fingerprint density at radius 1 is 1.42 bits per heavy atom. The molecule has 1 heterocycles. The number of halogens is 2. The third kappa shape index (κ3) is 6.42. The third-order valence-electron chi connectivity index (χ3n) is 3.30. The van der Waals surface area contributed by atoms with E-state index in [1.54, 1.807) is 20.0 Å². The lowest BCUT2D eigenvalue weighted by Crippen LogP contribution is -2.39. The number of guanidine groups is 1.